The first-order valence-corrected chi connectivity index (χ1v) is 7.55. The van der Waals surface area contributed by atoms with E-state index >= 15 is 0 Å². The lowest BCUT2D eigenvalue weighted by Crippen LogP contribution is -2.26. The number of hydrogen-bond donors (Lipinski definition) is 1. The zero-order valence-electron chi connectivity index (χ0n) is 13.6. The molecule has 0 saturated heterocycles. The molecule has 0 radical (unpaired) electrons. The molecule has 0 saturated carbocycles. The van der Waals surface area contributed by atoms with Crippen molar-refractivity contribution >= 4 is 23.9 Å². The summed E-state index contributed by atoms with van der Waals surface area (Å²) in [5.41, 5.74) is 0.771. The quantitative estimate of drug-likeness (QED) is 0.850. The molecule has 132 valence electrons. The number of likely N-dealkylation sites (N-methyl/N-ethyl adjacent to an activating group) is 1. The van der Waals surface area contributed by atoms with E-state index in [1.807, 2.05) is 0 Å². The Morgan fingerprint density at radius 2 is 1.62 bits per heavy atom. The lowest BCUT2D eigenvalue weighted by atomic mass is 10.1. The summed E-state index contributed by atoms with van der Waals surface area (Å²) >= 11 is 0. The Hall–Kier alpha value is -3.35. The minimum atomic E-state index is -1.13. The summed E-state index contributed by atoms with van der Waals surface area (Å²) in [4.78, 5) is 17.7. The third kappa shape index (κ3) is 3.51. The number of amidine groups is 1. The molecule has 0 aliphatic carbocycles. The number of halogens is 3. The van der Waals surface area contributed by atoms with Crippen molar-refractivity contribution in [3.05, 3.63) is 76.7 Å². The van der Waals surface area contributed by atoms with Gasteiger partial charge in [-0.25, -0.2) is 18.2 Å². The van der Waals surface area contributed by atoms with Crippen molar-refractivity contribution in [1.82, 2.24) is 4.90 Å². The molecule has 26 heavy (non-hydrogen) atoms. The molecule has 1 heterocycles. The van der Waals surface area contributed by atoms with Crippen LogP contribution in [0.15, 0.2) is 53.2 Å². The fourth-order valence-electron chi connectivity index (χ4n) is 2.34. The zero-order chi connectivity index (χ0) is 18.8. The molecule has 1 aliphatic rings. The van der Waals surface area contributed by atoms with Gasteiger partial charge in [-0.2, -0.15) is 0 Å². The van der Waals surface area contributed by atoms with Gasteiger partial charge in [-0.15, -0.1) is 0 Å². The van der Waals surface area contributed by atoms with Crippen LogP contribution in [-0.2, 0) is 4.79 Å². The van der Waals surface area contributed by atoms with Crippen molar-refractivity contribution in [2.24, 2.45) is 4.99 Å². The van der Waals surface area contributed by atoms with Crippen LogP contribution in [0.25, 0.3) is 12.2 Å². The minimum absolute atomic E-state index is 0.00394. The average Bonchev–Trinajstić information content (AvgIpc) is 2.87. The van der Waals surface area contributed by atoms with Crippen LogP contribution in [0.5, 0.6) is 5.75 Å². The molecule has 0 bridgehead atoms. The molecule has 0 atom stereocenters. The molecular formula is C19H13F3N2O2. The molecule has 0 fully saturated rings. The molecule has 0 aromatic heterocycles. The molecular weight excluding hydrogens is 345 g/mol. The number of aliphatic imine (C=N–C) groups is 1. The molecule has 0 spiro atoms. The number of carbonyl (C=O) groups excluding carboxylic acids is 1. The average molecular weight is 358 g/mol. The van der Waals surface area contributed by atoms with Crippen molar-refractivity contribution in [3.63, 3.8) is 0 Å². The summed E-state index contributed by atoms with van der Waals surface area (Å²) in [6.45, 7) is 0. The second kappa shape index (κ2) is 6.87. The highest BCUT2D eigenvalue weighted by Crippen LogP contribution is 2.24. The lowest BCUT2D eigenvalue weighted by molar-refractivity contribution is -0.121. The fourth-order valence-corrected chi connectivity index (χ4v) is 2.34. The third-order valence-electron chi connectivity index (χ3n) is 3.74. The molecule has 1 N–H and O–H groups in total. The van der Waals surface area contributed by atoms with E-state index in [-0.39, 0.29) is 17.1 Å². The second-order valence-corrected chi connectivity index (χ2v) is 5.58. The van der Waals surface area contributed by atoms with E-state index in [1.54, 1.807) is 24.3 Å². The number of phenols is 1. The molecule has 0 unspecified atom stereocenters. The van der Waals surface area contributed by atoms with Crippen molar-refractivity contribution in [2.45, 2.75) is 0 Å². The molecule has 7 heteroatoms. The van der Waals surface area contributed by atoms with Crippen LogP contribution in [0.4, 0.5) is 13.2 Å². The van der Waals surface area contributed by atoms with Crippen LogP contribution < -0.4 is 0 Å². The standard InChI is InChI=1S/C19H13F3N2O2/c1-24-17(7-4-11-2-5-13(20)6-3-11)23-16(19(24)26)10-12-8-14(21)18(25)15(22)9-12/h2-10,25H,1H3/b7-4+,16-10-. The topological polar surface area (TPSA) is 52.9 Å². The third-order valence-corrected chi connectivity index (χ3v) is 3.74. The minimum Gasteiger partial charge on any atom is -0.503 e. The van der Waals surface area contributed by atoms with Crippen molar-refractivity contribution in [3.8, 4) is 5.75 Å². The Kier molecular flexibility index (Phi) is 4.62. The summed E-state index contributed by atoms with van der Waals surface area (Å²) in [6, 6.07) is 7.57. The van der Waals surface area contributed by atoms with Gasteiger partial charge in [-0.1, -0.05) is 18.2 Å². The van der Waals surface area contributed by atoms with E-state index in [1.165, 1.54) is 30.2 Å². The Bertz CT molecular complexity index is 940. The molecule has 1 aliphatic heterocycles. The first kappa shape index (κ1) is 17.5. The van der Waals surface area contributed by atoms with Gasteiger partial charge in [0.1, 0.15) is 17.3 Å². The maximum absolute atomic E-state index is 13.4. The van der Waals surface area contributed by atoms with Crippen LogP contribution >= 0.6 is 0 Å². The second-order valence-electron chi connectivity index (χ2n) is 5.58. The van der Waals surface area contributed by atoms with Crippen LogP contribution in [-0.4, -0.2) is 28.8 Å². The Labute approximate surface area is 147 Å². The van der Waals surface area contributed by atoms with Gasteiger partial charge in [0, 0.05) is 7.05 Å². The number of benzene rings is 2. The van der Waals surface area contributed by atoms with E-state index in [4.69, 9.17) is 5.11 Å². The number of phenolic OH excluding ortho intramolecular Hbond substituents is 1. The van der Waals surface area contributed by atoms with E-state index in [0.717, 1.165) is 17.7 Å². The van der Waals surface area contributed by atoms with E-state index in [9.17, 15) is 18.0 Å². The number of carbonyl (C=O) groups is 1. The Morgan fingerprint density at radius 1 is 1.00 bits per heavy atom. The number of rotatable bonds is 3. The van der Waals surface area contributed by atoms with E-state index in [2.05, 4.69) is 4.99 Å². The molecule has 3 rings (SSSR count). The highest BCUT2D eigenvalue weighted by molar-refractivity contribution is 6.18. The lowest BCUT2D eigenvalue weighted by Gasteiger charge is -2.07. The van der Waals surface area contributed by atoms with Crippen LogP contribution in [0.3, 0.4) is 0 Å². The highest BCUT2D eigenvalue weighted by Gasteiger charge is 2.25. The van der Waals surface area contributed by atoms with Crippen LogP contribution in [0.2, 0.25) is 0 Å². The smallest absolute Gasteiger partial charge is 0.277 e. The fraction of sp³-hybridized carbons (Fsp3) is 0.0526. The zero-order valence-corrected chi connectivity index (χ0v) is 13.6. The number of aromatic hydroxyl groups is 1. The normalized spacial score (nSPS) is 16.0. The number of hydrogen-bond acceptors (Lipinski definition) is 3. The van der Waals surface area contributed by atoms with Crippen LogP contribution in [0, 0.1) is 17.5 Å². The highest BCUT2D eigenvalue weighted by atomic mass is 19.1. The van der Waals surface area contributed by atoms with Gasteiger partial charge < -0.3 is 5.11 Å². The number of amides is 1. The predicted octanol–water partition coefficient (Wildman–Crippen LogP) is 3.73. The van der Waals surface area contributed by atoms with Crippen molar-refractivity contribution in [2.75, 3.05) is 7.05 Å². The van der Waals surface area contributed by atoms with Crippen molar-refractivity contribution < 1.29 is 23.1 Å². The molecule has 2 aromatic rings. The summed E-state index contributed by atoms with van der Waals surface area (Å²) in [5.74, 6) is -3.81. The maximum Gasteiger partial charge on any atom is 0.277 e. The van der Waals surface area contributed by atoms with Gasteiger partial charge in [0.15, 0.2) is 17.4 Å². The van der Waals surface area contributed by atoms with E-state index in [0.29, 0.717) is 5.84 Å². The van der Waals surface area contributed by atoms with Crippen molar-refractivity contribution in [1.29, 1.82) is 0 Å². The molecule has 1 amide bonds. The summed E-state index contributed by atoms with van der Waals surface area (Å²) in [5, 5.41) is 9.12. The summed E-state index contributed by atoms with van der Waals surface area (Å²) < 4.78 is 39.7. The van der Waals surface area contributed by atoms with Gasteiger partial charge in [0.05, 0.1) is 0 Å². The maximum atomic E-state index is 13.4. The number of nitrogens with zero attached hydrogens (tertiary/aromatic N) is 2. The van der Waals surface area contributed by atoms with Gasteiger partial charge in [-0.05, 0) is 47.5 Å². The Balaban J connectivity index is 1.89. The first-order chi connectivity index (χ1) is 12.3. The van der Waals surface area contributed by atoms with Gasteiger partial charge in [-0.3, -0.25) is 9.69 Å². The van der Waals surface area contributed by atoms with E-state index < -0.39 is 23.3 Å². The molecule has 2 aromatic carbocycles. The summed E-state index contributed by atoms with van der Waals surface area (Å²) in [6.07, 6.45) is 4.46. The van der Waals surface area contributed by atoms with Gasteiger partial charge >= 0.3 is 0 Å². The Morgan fingerprint density at radius 3 is 2.23 bits per heavy atom. The van der Waals surface area contributed by atoms with Gasteiger partial charge in [0.2, 0.25) is 0 Å². The predicted molar refractivity (Wildman–Crippen MR) is 91.6 cm³/mol. The molecule has 4 nitrogen and oxygen atoms in total. The van der Waals surface area contributed by atoms with Gasteiger partial charge in [0.25, 0.3) is 5.91 Å². The largest absolute Gasteiger partial charge is 0.503 e. The first-order valence-electron chi connectivity index (χ1n) is 7.55. The van der Waals surface area contributed by atoms with Crippen LogP contribution in [0.1, 0.15) is 11.1 Å². The SMILES string of the molecule is CN1C(=O)/C(=C/c2cc(F)c(O)c(F)c2)N=C1/C=C/c1ccc(F)cc1. The monoisotopic (exact) mass is 358 g/mol. The summed E-state index contributed by atoms with van der Waals surface area (Å²) in [7, 11) is 1.51.